The molecule has 1 fully saturated rings. The normalized spacial score (nSPS) is 14.9. The Morgan fingerprint density at radius 3 is 2.95 bits per heavy atom. The van der Waals surface area contributed by atoms with Crippen molar-refractivity contribution >= 4 is 32.6 Å². The highest BCUT2D eigenvalue weighted by Crippen LogP contribution is 2.27. The van der Waals surface area contributed by atoms with Crippen LogP contribution in [0.3, 0.4) is 0 Å². The zero-order valence-corrected chi connectivity index (χ0v) is 12.5. The Kier molecular flexibility index (Phi) is 3.87. The fraction of sp³-hybridized carbons (Fsp3) is 0.467. The lowest BCUT2D eigenvalue weighted by Gasteiger charge is -2.14. The Balaban J connectivity index is 1.57. The molecule has 1 saturated heterocycles. The first-order valence-electron chi connectivity index (χ1n) is 7.12. The van der Waals surface area contributed by atoms with Crippen molar-refractivity contribution in [2.24, 2.45) is 0 Å². The van der Waals surface area contributed by atoms with Gasteiger partial charge in [-0.05, 0) is 31.4 Å². The van der Waals surface area contributed by atoms with Crippen LogP contribution in [0.4, 0.5) is 5.13 Å². The molecule has 2 heterocycles. The molecule has 1 amide bonds. The molecule has 3 rings (SSSR count). The minimum Gasteiger partial charge on any atom is -0.361 e. The molecule has 5 heteroatoms. The van der Waals surface area contributed by atoms with Gasteiger partial charge in [0.25, 0.3) is 0 Å². The van der Waals surface area contributed by atoms with E-state index in [4.69, 9.17) is 0 Å². The number of aryl methyl sites for hydroxylation is 1. The smallest absolute Gasteiger partial charge is 0.224 e. The third-order valence-electron chi connectivity index (χ3n) is 3.69. The fourth-order valence-corrected chi connectivity index (χ4v) is 3.53. The Hall–Kier alpha value is -1.62. The number of thiazole rings is 1. The quantitative estimate of drug-likeness (QED) is 0.941. The van der Waals surface area contributed by atoms with Crippen LogP contribution in [-0.4, -0.2) is 35.4 Å². The van der Waals surface area contributed by atoms with Crippen LogP contribution >= 0.6 is 11.3 Å². The number of para-hydroxylation sites is 1. The van der Waals surface area contributed by atoms with Gasteiger partial charge >= 0.3 is 0 Å². The molecule has 0 unspecified atom stereocenters. The Morgan fingerprint density at radius 1 is 1.40 bits per heavy atom. The van der Waals surface area contributed by atoms with E-state index < -0.39 is 0 Å². The van der Waals surface area contributed by atoms with Crippen LogP contribution in [0.25, 0.3) is 10.2 Å². The second kappa shape index (κ2) is 5.79. The van der Waals surface area contributed by atoms with Crippen molar-refractivity contribution < 1.29 is 4.79 Å². The molecule has 0 atom stereocenters. The minimum atomic E-state index is 0.257. The lowest BCUT2D eigenvalue weighted by Crippen LogP contribution is -2.29. The number of fused-ring (bicyclic) bond motifs is 1. The van der Waals surface area contributed by atoms with Gasteiger partial charge in [0.15, 0.2) is 5.13 Å². The molecule has 20 heavy (non-hydrogen) atoms. The second-order valence-corrected chi connectivity index (χ2v) is 6.24. The number of hydrogen-bond acceptors (Lipinski definition) is 4. The highest BCUT2D eigenvalue weighted by Gasteiger charge is 2.17. The standard InChI is InChI=1S/C15H19N3OS/c1-11-5-4-6-12-14(11)17-15(20-12)16-8-7-13(19)18-9-2-3-10-18/h4-6H,2-3,7-10H2,1H3,(H,16,17). The van der Waals surface area contributed by atoms with E-state index in [1.807, 2.05) is 4.90 Å². The summed E-state index contributed by atoms with van der Waals surface area (Å²) in [4.78, 5) is 18.5. The maximum atomic E-state index is 11.9. The number of likely N-dealkylation sites (tertiary alicyclic amines) is 1. The molecule has 1 aromatic heterocycles. The van der Waals surface area contributed by atoms with Gasteiger partial charge in [-0.1, -0.05) is 23.5 Å². The summed E-state index contributed by atoms with van der Waals surface area (Å²) >= 11 is 1.65. The van der Waals surface area contributed by atoms with Gasteiger partial charge in [-0.2, -0.15) is 0 Å². The molecule has 106 valence electrons. The van der Waals surface area contributed by atoms with Gasteiger partial charge in [0, 0.05) is 26.1 Å². The highest BCUT2D eigenvalue weighted by atomic mass is 32.1. The first kappa shape index (κ1) is 13.4. The Morgan fingerprint density at radius 2 is 2.20 bits per heavy atom. The summed E-state index contributed by atoms with van der Waals surface area (Å²) in [6.45, 7) is 4.59. The van der Waals surface area contributed by atoms with E-state index in [0.717, 1.165) is 36.6 Å². The summed E-state index contributed by atoms with van der Waals surface area (Å²) in [5.74, 6) is 0.257. The van der Waals surface area contributed by atoms with Crippen LogP contribution in [0.2, 0.25) is 0 Å². The van der Waals surface area contributed by atoms with Gasteiger partial charge in [0.2, 0.25) is 5.91 Å². The monoisotopic (exact) mass is 289 g/mol. The number of rotatable bonds is 4. The number of aromatic nitrogens is 1. The summed E-state index contributed by atoms with van der Waals surface area (Å²) in [6, 6.07) is 6.21. The summed E-state index contributed by atoms with van der Waals surface area (Å²) in [6.07, 6.45) is 2.85. The highest BCUT2D eigenvalue weighted by molar-refractivity contribution is 7.22. The van der Waals surface area contributed by atoms with Crippen LogP contribution in [0.1, 0.15) is 24.8 Å². The molecule has 1 aliphatic rings. The summed E-state index contributed by atoms with van der Waals surface area (Å²) in [7, 11) is 0. The molecular weight excluding hydrogens is 270 g/mol. The van der Waals surface area contributed by atoms with E-state index in [-0.39, 0.29) is 5.91 Å². The van der Waals surface area contributed by atoms with Gasteiger partial charge < -0.3 is 10.2 Å². The van der Waals surface area contributed by atoms with E-state index >= 15 is 0 Å². The van der Waals surface area contributed by atoms with Gasteiger partial charge in [-0.25, -0.2) is 4.98 Å². The number of nitrogens with zero attached hydrogens (tertiary/aromatic N) is 2. The molecule has 4 nitrogen and oxygen atoms in total. The molecule has 1 aromatic carbocycles. The number of hydrogen-bond donors (Lipinski definition) is 1. The van der Waals surface area contributed by atoms with E-state index in [1.165, 1.54) is 10.3 Å². The Labute approximate surface area is 122 Å². The zero-order chi connectivity index (χ0) is 13.9. The van der Waals surface area contributed by atoms with Gasteiger partial charge in [0.05, 0.1) is 10.2 Å². The molecule has 1 N–H and O–H groups in total. The van der Waals surface area contributed by atoms with Gasteiger partial charge in [-0.15, -0.1) is 0 Å². The third-order valence-corrected chi connectivity index (χ3v) is 4.67. The lowest BCUT2D eigenvalue weighted by atomic mass is 10.2. The number of carbonyl (C=O) groups excluding carboxylic acids is 1. The van der Waals surface area contributed by atoms with Gasteiger partial charge in [-0.3, -0.25) is 4.79 Å². The van der Waals surface area contributed by atoms with Crippen molar-refractivity contribution in [3.63, 3.8) is 0 Å². The third kappa shape index (κ3) is 2.77. The van der Waals surface area contributed by atoms with Crippen LogP contribution in [0, 0.1) is 6.92 Å². The predicted molar refractivity (Wildman–Crippen MR) is 83.3 cm³/mol. The summed E-state index contributed by atoms with van der Waals surface area (Å²) in [5.41, 5.74) is 2.26. The first-order valence-corrected chi connectivity index (χ1v) is 7.93. The molecule has 0 spiro atoms. The van der Waals surface area contributed by atoms with Crippen molar-refractivity contribution in [1.82, 2.24) is 9.88 Å². The van der Waals surface area contributed by atoms with Crippen LogP contribution < -0.4 is 5.32 Å². The average Bonchev–Trinajstić information content (AvgIpc) is 3.07. The van der Waals surface area contributed by atoms with Crippen LogP contribution in [-0.2, 0) is 4.79 Å². The van der Waals surface area contributed by atoms with E-state index in [1.54, 1.807) is 11.3 Å². The van der Waals surface area contributed by atoms with E-state index in [2.05, 4.69) is 35.4 Å². The van der Waals surface area contributed by atoms with Crippen molar-refractivity contribution in [3.05, 3.63) is 23.8 Å². The number of anilines is 1. The largest absolute Gasteiger partial charge is 0.361 e. The summed E-state index contributed by atoms with van der Waals surface area (Å²) in [5, 5.41) is 4.18. The maximum absolute atomic E-state index is 11.9. The Bertz CT molecular complexity index is 617. The fourth-order valence-electron chi connectivity index (χ4n) is 2.56. The molecule has 0 aliphatic carbocycles. The SMILES string of the molecule is Cc1cccc2sc(NCCC(=O)N3CCCC3)nc12. The topological polar surface area (TPSA) is 45.2 Å². The van der Waals surface area contributed by atoms with Crippen molar-refractivity contribution in [2.75, 3.05) is 25.0 Å². The number of benzene rings is 1. The predicted octanol–water partition coefficient (Wildman–Crippen LogP) is 3.03. The summed E-state index contributed by atoms with van der Waals surface area (Å²) < 4.78 is 1.19. The molecular formula is C15H19N3OS. The van der Waals surface area contributed by atoms with Crippen LogP contribution in [0.15, 0.2) is 18.2 Å². The van der Waals surface area contributed by atoms with E-state index in [0.29, 0.717) is 13.0 Å². The molecule has 0 saturated carbocycles. The van der Waals surface area contributed by atoms with Crippen molar-refractivity contribution in [3.8, 4) is 0 Å². The van der Waals surface area contributed by atoms with Crippen LogP contribution in [0.5, 0.6) is 0 Å². The number of nitrogens with one attached hydrogen (secondary N) is 1. The number of amides is 1. The second-order valence-electron chi connectivity index (χ2n) is 5.21. The maximum Gasteiger partial charge on any atom is 0.224 e. The number of carbonyl (C=O) groups is 1. The molecule has 2 aromatic rings. The molecule has 0 bridgehead atoms. The lowest BCUT2D eigenvalue weighted by molar-refractivity contribution is -0.129. The average molecular weight is 289 g/mol. The van der Waals surface area contributed by atoms with Gasteiger partial charge in [0.1, 0.15) is 0 Å². The van der Waals surface area contributed by atoms with Crippen molar-refractivity contribution in [1.29, 1.82) is 0 Å². The first-order chi connectivity index (χ1) is 9.74. The minimum absolute atomic E-state index is 0.257. The molecule has 0 radical (unpaired) electrons. The zero-order valence-electron chi connectivity index (χ0n) is 11.7. The molecule has 1 aliphatic heterocycles. The van der Waals surface area contributed by atoms with Crippen molar-refractivity contribution in [2.45, 2.75) is 26.2 Å². The van der Waals surface area contributed by atoms with E-state index in [9.17, 15) is 4.79 Å².